The van der Waals surface area contributed by atoms with Crippen LogP contribution in [0.1, 0.15) is 29.2 Å². The lowest BCUT2D eigenvalue weighted by Gasteiger charge is -2.20. The summed E-state index contributed by atoms with van der Waals surface area (Å²) in [6.45, 7) is 0.255. The molecule has 1 amide bonds. The topological polar surface area (TPSA) is 112 Å². The van der Waals surface area contributed by atoms with E-state index in [0.29, 0.717) is 5.75 Å². The number of nitriles is 1. The summed E-state index contributed by atoms with van der Waals surface area (Å²) in [7, 11) is 1.47. The van der Waals surface area contributed by atoms with Crippen LogP contribution in [0.15, 0.2) is 48.5 Å². The molecule has 2 aromatic carbocycles. The number of methoxy groups -OCH3 is 1. The molecule has 2 atom stereocenters. The molecule has 0 heterocycles. The van der Waals surface area contributed by atoms with Crippen molar-refractivity contribution in [3.05, 3.63) is 65.2 Å². The molecule has 0 bridgehead atoms. The molecular formula is C20H22N2O5. The van der Waals surface area contributed by atoms with Crippen LogP contribution < -0.4 is 10.1 Å². The van der Waals surface area contributed by atoms with Crippen molar-refractivity contribution >= 4 is 6.09 Å². The number of nitrogens with one attached hydrogen (secondary N) is 1. The summed E-state index contributed by atoms with van der Waals surface area (Å²) in [4.78, 5) is 11.7. The fourth-order valence-corrected chi connectivity index (χ4v) is 2.48. The smallest absolute Gasteiger partial charge is 0.407 e. The minimum Gasteiger partial charge on any atom is -0.497 e. The number of hydrogen-bond acceptors (Lipinski definition) is 6. The van der Waals surface area contributed by atoms with Gasteiger partial charge < -0.3 is 25.0 Å². The summed E-state index contributed by atoms with van der Waals surface area (Å²) < 4.78 is 10.2. The highest BCUT2D eigenvalue weighted by atomic mass is 16.5. The standard InChI is InChI=1S/C20H22N2O5/c1-26-16-8-7-15(12-21)17(11-16)19(24)18(23)9-10-22-20(25)27-13-14-5-3-2-4-6-14/h2-8,11,18-19,23-24H,9-10,13H2,1H3,(H,22,25). The van der Waals surface area contributed by atoms with Gasteiger partial charge in [0.15, 0.2) is 0 Å². The average molecular weight is 370 g/mol. The van der Waals surface area contributed by atoms with Gasteiger partial charge in [-0.2, -0.15) is 5.26 Å². The number of nitrogens with zero attached hydrogens (tertiary/aromatic N) is 1. The van der Waals surface area contributed by atoms with E-state index in [1.165, 1.54) is 19.2 Å². The number of alkyl carbamates (subject to hydrolysis) is 1. The van der Waals surface area contributed by atoms with Crippen molar-refractivity contribution in [1.29, 1.82) is 5.26 Å². The highest BCUT2D eigenvalue weighted by Gasteiger charge is 2.22. The predicted octanol–water partition coefficient (Wildman–Crippen LogP) is 2.28. The van der Waals surface area contributed by atoms with Gasteiger partial charge in [0.1, 0.15) is 18.5 Å². The Morgan fingerprint density at radius 2 is 1.96 bits per heavy atom. The van der Waals surface area contributed by atoms with E-state index in [4.69, 9.17) is 14.7 Å². The van der Waals surface area contributed by atoms with Crippen LogP contribution in [-0.2, 0) is 11.3 Å². The molecule has 0 spiro atoms. The van der Waals surface area contributed by atoms with Crippen molar-refractivity contribution in [2.45, 2.75) is 25.2 Å². The minimum atomic E-state index is -1.28. The van der Waals surface area contributed by atoms with Crippen LogP contribution in [0.3, 0.4) is 0 Å². The number of hydrogen-bond donors (Lipinski definition) is 3. The van der Waals surface area contributed by atoms with Crippen LogP contribution in [0, 0.1) is 11.3 Å². The first kappa shape index (κ1) is 20.2. The first-order chi connectivity index (χ1) is 13.0. The monoisotopic (exact) mass is 370 g/mol. The Morgan fingerprint density at radius 1 is 1.22 bits per heavy atom. The van der Waals surface area contributed by atoms with E-state index < -0.39 is 18.3 Å². The third kappa shape index (κ3) is 5.99. The molecule has 7 heteroatoms. The van der Waals surface area contributed by atoms with Crippen molar-refractivity contribution < 1.29 is 24.5 Å². The van der Waals surface area contributed by atoms with Gasteiger partial charge >= 0.3 is 6.09 Å². The maximum absolute atomic E-state index is 11.7. The van der Waals surface area contributed by atoms with Gasteiger partial charge in [-0.3, -0.25) is 0 Å². The Morgan fingerprint density at radius 3 is 2.63 bits per heavy atom. The summed E-state index contributed by atoms with van der Waals surface area (Å²) in [5, 5.41) is 32.2. The molecule has 27 heavy (non-hydrogen) atoms. The number of ether oxygens (including phenoxy) is 2. The molecule has 0 aliphatic heterocycles. The largest absolute Gasteiger partial charge is 0.497 e. The Kier molecular flexibility index (Phi) is 7.62. The van der Waals surface area contributed by atoms with Gasteiger partial charge in [-0.25, -0.2) is 4.79 Å². The molecule has 142 valence electrons. The highest BCUT2D eigenvalue weighted by Crippen LogP contribution is 2.26. The van der Waals surface area contributed by atoms with Crippen LogP contribution in [0.4, 0.5) is 4.79 Å². The quantitative estimate of drug-likeness (QED) is 0.657. The number of amides is 1. The van der Waals surface area contributed by atoms with Crippen molar-refractivity contribution in [3.63, 3.8) is 0 Å². The van der Waals surface area contributed by atoms with Crippen LogP contribution in [0.2, 0.25) is 0 Å². The van der Waals surface area contributed by atoms with Gasteiger partial charge in [0, 0.05) is 12.1 Å². The van der Waals surface area contributed by atoms with E-state index in [9.17, 15) is 15.0 Å². The van der Waals surface area contributed by atoms with Gasteiger partial charge in [-0.15, -0.1) is 0 Å². The lowest BCUT2D eigenvalue weighted by atomic mass is 9.97. The lowest BCUT2D eigenvalue weighted by molar-refractivity contribution is 0.0134. The second-order valence-electron chi connectivity index (χ2n) is 5.85. The number of rotatable bonds is 8. The van der Waals surface area contributed by atoms with E-state index in [0.717, 1.165) is 5.56 Å². The van der Waals surface area contributed by atoms with Gasteiger partial charge in [-0.1, -0.05) is 30.3 Å². The summed E-state index contributed by atoms with van der Waals surface area (Å²) in [5.74, 6) is 0.470. The summed E-state index contributed by atoms with van der Waals surface area (Å²) in [5.41, 5.74) is 1.39. The zero-order valence-electron chi connectivity index (χ0n) is 15.0. The van der Waals surface area contributed by atoms with Crippen molar-refractivity contribution in [1.82, 2.24) is 5.32 Å². The molecule has 0 saturated carbocycles. The van der Waals surface area contributed by atoms with Crippen molar-refractivity contribution in [2.24, 2.45) is 0 Å². The maximum Gasteiger partial charge on any atom is 0.407 e. The van der Waals surface area contributed by atoms with E-state index in [-0.39, 0.29) is 30.7 Å². The Hall–Kier alpha value is -3.08. The predicted molar refractivity (Wildman–Crippen MR) is 97.9 cm³/mol. The van der Waals surface area contributed by atoms with Gasteiger partial charge in [0.25, 0.3) is 0 Å². The summed E-state index contributed by atoms with van der Waals surface area (Å²) in [6.07, 6.45) is -2.97. The van der Waals surface area contributed by atoms with E-state index >= 15 is 0 Å². The van der Waals surface area contributed by atoms with E-state index in [1.54, 1.807) is 6.07 Å². The fraction of sp³-hybridized carbons (Fsp3) is 0.300. The molecule has 0 aliphatic rings. The molecule has 2 unspecified atom stereocenters. The Balaban J connectivity index is 1.82. The number of aliphatic hydroxyl groups excluding tert-OH is 2. The minimum absolute atomic E-state index is 0.0870. The van der Waals surface area contributed by atoms with Crippen LogP contribution in [0.5, 0.6) is 5.75 Å². The second kappa shape index (κ2) is 10.2. The zero-order valence-corrected chi connectivity index (χ0v) is 15.0. The number of benzene rings is 2. The molecule has 0 fully saturated rings. The molecule has 2 rings (SSSR count). The van der Waals surface area contributed by atoms with Gasteiger partial charge in [0.05, 0.1) is 24.8 Å². The maximum atomic E-state index is 11.7. The Labute approximate surface area is 157 Å². The molecule has 0 aromatic heterocycles. The second-order valence-corrected chi connectivity index (χ2v) is 5.85. The third-order valence-electron chi connectivity index (χ3n) is 3.98. The molecule has 0 radical (unpaired) electrons. The van der Waals surface area contributed by atoms with E-state index in [2.05, 4.69) is 5.32 Å². The van der Waals surface area contributed by atoms with Crippen LogP contribution in [0.25, 0.3) is 0 Å². The first-order valence-electron chi connectivity index (χ1n) is 8.44. The zero-order chi connectivity index (χ0) is 19.6. The van der Waals surface area contributed by atoms with Crippen LogP contribution >= 0.6 is 0 Å². The molecule has 0 saturated heterocycles. The van der Waals surface area contributed by atoms with Gasteiger partial charge in [-0.05, 0) is 30.2 Å². The highest BCUT2D eigenvalue weighted by molar-refractivity contribution is 5.67. The van der Waals surface area contributed by atoms with Crippen molar-refractivity contribution in [3.8, 4) is 11.8 Å². The average Bonchev–Trinajstić information content (AvgIpc) is 2.71. The SMILES string of the molecule is COc1ccc(C#N)c(C(O)C(O)CCNC(=O)OCc2ccccc2)c1. The van der Waals surface area contributed by atoms with Crippen molar-refractivity contribution in [2.75, 3.05) is 13.7 Å². The number of carbonyl (C=O) groups is 1. The lowest BCUT2D eigenvalue weighted by Crippen LogP contribution is -2.30. The van der Waals surface area contributed by atoms with E-state index in [1.807, 2.05) is 36.4 Å². The number of aliphatic hydroxyl groups is 2. The van der Waals surface area contributed by atoms with Gasteiger partial charge in [0.2, 0.25) is 0 Å². The third-order valence-corrected chi connectivity index (χ3v) is 3.98. The molecular weight excluding hydrogens is 348 g/mol. The van der Waals surface area contributed by atoms with Crippen LogP contribution in [-0.4, -0.2) is 36.1 Å². The molecule has 3 N–H and O–H groups in total. The molecule has 0 aliphatic carbocycles. The normalized spacial score (nSPS) is 12.5. The summed E-state index contributed by atoms with van der Waals surface area (Å²) in [6, 6.07) is 15.9. The number of carbonyl (C=O) groups excluding carboxylic acids is 1. The summed E-state index contributed by atoms with van der Waals surface area (Å²) >= 11 is 0. The molecule has 7 nitrogen and oxygen atoms in total. The fourth-order valence-electron chi connectivity index (χ4n) is 2.48. The molecule has 2 aromatic rings. The Bertz CT molecular complexity index is 789. The first-order valence-corrected chi connectivity index (χ1v) is 8.44.